The first-order valence-corrected chi connectivity index (χ1v) is 7.52. The van der Waals surface area contributed by atoms with Crippen molar-refractivity contribution < 1.29 is 28.2 Å². The van der Waals surface area contributed by atoms with Crippen molar-refractivity contribution in [3.8, 4) is 0 Å². The van der Waals surface area contributed by atoms with Gasteiger partial charge in [-0.3, -0.25) is 4.79 Å². The molecule has 0 aliphatic carbocycles. The minimum absolute atomic E-state index is 0.0170. The lowest BCUT2D eigenvalue weighted by Crippen LogP contribution is -2.42. The Labute approximate surface area is 141 Å². The lowest BCUT2D eigenvalue weighted by Gasteiger charge is -2.32. The van der Waals surface area contributed by atoms with Gasteiger partial charge in [-0.1, -0.05) is 17.7 Å². The summed E-state index contributed by atoms with van der Waals surface area (Å²) in [5, 5.41) is 8.83. The molecule has 1 atom stereocenters. The van der Waals surface area contributed by atoms with E-state index >= 15 is 0 Å². The van der Waals surface area contributed by atoms with Gasteiger partial charge in [-0.2, -0.15) is 0 Å². The molecule has 24 heavy (non-hydrogen) atoms. The van der Waals surface area contributed by atoms with E-state index in [1.807, 2.05) is 0 Å². The maximum Gasteiger partial charge on any atom is 0.371 e. The average molecular weight is 354 g/mol. The second kappa shape index (κ2) is 6.62. The van der Waals surface area contributed by atoms with Gasteiger partial charge in [-0.15, -0.1) is 0 Å². The van der Waals surface area contributed by atoms with Gasteiger partial charge in [-0.25, -0.2) is 9.18 Å². The minimum atomic E-state index is -1.24. The topological polar surface area (TPSA) is 80.0 Å². The maximum absolute atomic E-state index is 13.3. The summed E-state index contributed by atoms with van der Waals surface area (Å²) in [6, 6.07) is 6.81. The predicted octanol–water partition coefficient (Wildman–Crippen LogP) is 2.98. The normalized spacial score (nSPS) is 17.8. The number of benzene rings is 1. The zero-order valence-corrected chi connectivity index (χ0v) is 13.1. The highest BCUT2D eigenvalue weighted by atomic mass is 35.5. The minimum Gasteiger partial charge on any atom is -0.475 e. The van der Waals surface area contributed by atoms with Crippen LogP contribution in [-0.4, -0.2) is 41.6 Å². The van der Waals surface area contributed by atoms with E-state index in [1.54, 1.807) is 6.07 Å². The summed E-state index contributed by atoms with van der Waals surface area (Å²) < 4.78 is 23.9. The molecular weight excluding hydrogens is 341 g/mol. The fraction of sp³-hybridized carbons (Fsp3) is 0.250. The number of carbonyl (C=O) groups is 2. The average Bonchev–Trinajstić information content (AvgIpc) is 3.07. The van der Waals surface area contributed by atoms with E-state index in [9.17, 15) is 14.0 Å². The monoisotopic (exact) mass is 353 g/mol. The molecule has 0 saturated carbocycles. The van der Waals surface area contributed by atoms with Crippen LogP contribution in [0.3, 0.4) is 0 Å². The highest BCUT2D eigenvalue weighted by molar-refractivity contribution is 6.30. The number of rotatable bonds is 3. The quantitative estimate of drug-likeness (QED) is 0.917. The summed E-state index contributed by atoms with van der Waals surface area (Å²) >= 11 is 5.78. The third-order valence-electron chi connectivity index (χ3n) is 3.70. The van der Waals surface area contributed by atoms with Gasteiger partial charge >= 0.3 is 5.97 Å². The molecule has 1 N–H and O–H groups in total. The van der Waals surface area contributed by atoms with E-state index in [0.29, 0.717) is 12.1 Å². The Bertz CT molecular complexity index is 791. The van der Waals surface area contributed by atoms with E-state index < -0.39 is 23.8 Å². The number of amides is 1. The predicted molar refractivity (Wildman–Crippen MR) is 81.7 cm³/mol. The second-order valence-electron chi connectivity index (χ2n) is 5.25. The van der Waals surface area contributed by atoms with Crippen LogP contribution in [0, 0.1) is 5.82 Å². The number of hydrogen-bond acceptors (Lipinski definition) is 4. The van der Waals surface area contributed by atoms with Gasteiger partial charge in [0, 0.05) is 6.54 Å². The van der Waals surface area contributed by atoms with Crippen LogP contribution < -0.4 is 0 Å². The van der Waals surface area contributed by atoms with Gasteiger partial charge in [0.15, 0.2) is 5.76 Å². The Morgan fingerprint density at radius 3 is 2.67 bits per heavy atom. The third-order valence-corrected chi connectivity index (χ3v) is 3.99. The Balaban J connectivity index is 1.75. The first-order valence-electron chi connectivity index (χ1n) is 7.14. The van der Waals surface area contributed by atoms with Crippen LogP contribution in [0.5, 0.6) is 0 Å². The number of aromatic carboxylic acids is 1. The smallest absolute Gasteiger partial charge is 0.371 e. The van der Waals surface area contributed by atoms with Crippen LogP contribution >= 0.6 is 11.6 Å². The van der Waals surface area contributed by atoms with Gasteiger partial charge in [0.25, 0.3) is 5.91 Å². The highest BCUT2D eigenvalue weighted by Crippen LogP contribution is 2.27. The molecule has 1 amide bonds. The van der Waals surface area contributed by atoms with Gasteiger partial charge in [-0.05, 0) is 29.8 Å². The highest BCUT2D eigenvalue weighted by Gasteiger charge is 2.28. The van der Waals surface area contributed by atoms with E-state index in [-0.39, 0.29) is 29.7 Å². The lowest BCUT2D eigenvalue weighted by atomic mass is 10.1. The Hall–Kier alpha value is -2.38. The van der Waals surface area contributed by atoms with Crippen LogP contribution in [0.1, 0.15) is 32.8 Å². The fourth-order valence-corrected chi connectivity index (χ4v) is 2.66. The molecule has 2 aromatic rings. The molecule has 1 unspecified atom stereocenters. The molecule has 8 heteroatoms. The Morgan fingerprint density at radius 1 is 1.25 bits per heavy atom. The van der Waals surface area contributed by atoms with Crippen molar-refractivity contribution in [1.29, 1.82) is 0 Å². The molecule has 1 aliphatic rings. The largest absolute Gasteiger partial charge is 0.475 e. The van der Waals surface area contributed by atoms with Crippen molar-refractivity contribution >= 4 is 23.5 Å². The summed E-state index contributed by atoms with van der Waals surface area (Å²) in [5.41, 5.74) is 0.657. The number of carbonyl (C=O) groups excluding carboxylic acids is 1. The van der Waals surface area contributed by atoms with Crippen LogP contribution in [0.2, 0.25) is 5.02 Å². The summed E-state index contributed by atoms with van der Waals surface area (Å²) in [7, 11) is 0. The van der Waals surface area contributed by atoms with Crippen molar-refractivity contribution in [1.82, 2.24) is 4.90 Å². The third kappa shape index (κ3) is 3.27. The van der Waals surface area contributed by atoms with Gasteiger partial charge in [0.2, 0.25) is 5.76 Å². The molecule has 1 aromatic heterocycles. The number of nitrogens with zero attached hydrogens (tertiary/aromatic N) is 1. The SMILES string of the molecule is O=C(O)c1ccc(C(=O)N2CCOC(c3ccc(F)c(Cl)c3)C2)o1. The van der Waals surface area contributed by atoms with Crippen molar-refractivity contribution in [2.45, 2.75) is 6.10 Å². The maximum atomic E-state index is 13.3. The molecule has 1 aromatic carbocycles. The zero-order valence-electron chi connectivity index (χ0n) is 12.4. The Kier molecular flexibility index (Phi) is 4.55. The van der Waals surface area contributed by atoms with E-state index in [2.05, 4.69) is 0 Å². The summed E-state index contributed by atoms with van der Waals surface area (Å²) in [6.07, 6.45) is -0.449. The number of carboxylic acids is 1. The number of furan rings is 1. The van der Waals surface area contributed by atoms with Crippen LogP contribution in [0.25, 0.3) is 0 Å². The molecule has 6 nitrogen and oxygen atoms in total. The van der Waals surface area contributed by atoms with Gasteiger partial charge in [0.05, 0.1) is 18.2 Å². The molecule has 1 saturated heterocycles. The van der Waals surface area contributed by atoms with Crippen LogP contribution in [0.15, 0.2) is 34.7 Å². The molecule has 126 valence electrons. The molecular formula is C16H13ClFNO5. The van der Waals surface area contributed by atoms with Crippen molar-refractivity contribution in [2.75, 3.05) is 19.7 Å². The molecule has 3 rings (SSSR count). The number of morpholine rings is 1. The van der Waals surface area contributed by atoms with Gasteiger partial charge in [0.1, 0.15) is 11.9 Å². The fourth-order valence-electron chi connectivity index (χ4n) is 2.47. The first kappa shape index (κ1) is 16.5. The summed E-state index contributed by atoms with van der Waals surface area (Å²) in [4.78, 5) is 24.8. The van der Waals surface area contributed by atoms with E-state index in [0.717, 1.165) is 0 Å². The molecule has 2 heterocycles. The van der Waals surface area contributed by atoms with E-state index in [4.69, 9.17) is 25.9 Å². The molecule has 1 fully saturated rings. The number of hydrogen-bond donors (Lipinski definition) is 1. The van der Waals surface area contributed by atoms with Crippen molar-refractivity contribution in [3.63, 3.8) is 0 Å². The molecule has 0 radical (unpaired) electrons. The Morgan fingerprint density at radius 2 is 2.00 bits per heavy atom. The van der Waals surface area contributed by atoms with Crippen molar-refractivity contribution in [2.24, 2.45) is 0 Å². The first-order chi connectivity index (χ1) is 11.5. The van der Waals surface area contributed by atoms with Gasteiger partial charge < -0.3 is 19.2 Å². The van der Waals surface area contributed by atoms with E-state index in [1.165, 1.54) is 29.2 Å². The second-order valence-corrected chi connectivity index (χ2v) is 5.66. The number of carboxylic acid groups (broad SMARTS) is 1. The standard InChI is InChI=1S/C16H13ClFNO5/c17-10-7-9(1-2-11(10)18)14-8-19(5-6-23-14)15(20)12-3-4-13(24-12)16(21)22/h1-4,7,14H,5-6,8H2,(H,21,22). The molecule has 0 spiro atoms. The summed E-state index contributed by atoms with van der Waals surface area (Å²) in [6.45, 7) is 0.856. The molecule has 1 aliphatic heterocycles. The molecule has 0 bridgehead atoms. The van der Waals surface area contributed by atoms with Crippen LogP contribution in [-0.2, 0) is 4.74 Å². The van der Waals surface area contributed by atoms with Crippen LogP contribution in [0.4, 0.5) is 4.39 Å². The summed E-state index contributed by atoms with van der Waals surface area (Å²) in [5.74, 6) is -2.54. The number of halogens is 2. The number of ether oxygens (including phenoxy) is 1. The zero-order chi connectivity index (χ0) is 17.3. The lowest BCUT2D eigenvalue weighted by molar-refractivity contribution is -0.0238. The van der Waals surface area contributed by atoms with Crippen molar-refractivity contribution in [3.05, 3.63) is 58.3 Å².